The highest BCUT2D eigenvalue weighted by Gasteiger charge is 2.32. The minimum Gasteiger partial charge on any atom is -0.387 e. The minimum absolute atomic E-state index is 0.122. The maximum atomic E-state index is 13.1. The molecule has 2 rings (SSSR count). The van der Waals surface area contributed by atoms with Crippen molar-refractivity contribution in [2.45, 2.75) is 44.9 Å². The molecule has 1 aliphatic heterocycles. The number of halogens is 1. The van der Waals surface area contributed by atoms with Crippen LogP contribution in [0.3, 0.4) is 0 Å². The molecule has 0 radical (unpaired) electrons. The number of aliphatic hydroxyl groups is 1. The van der Waals surface area contributed by atoms with Crippen LogP contribution in [0.15, 0.2) is 24.3 Å². The molecule has 0 saturated carbocycles. The van der Waals surface area contributed by atoms with Crippen molar-refractivity contribution in [3.05, 3.63) is 35.6 Å². The Hall–Kier alpha value is -0.930. The van der Waals surface area contributed by atoms with Crippen LogP contribution in [0.1, 0.15) is 38.4 Å². The molecule has 2 nitrogen and oxygen atoms in total. The highest BCUT2D eigenvalue weighted by molar-refractivity contribution is 5.20. The number of benzene rings is 1. The second-order valence-electron chi connectivity index (χ2n) is 5.04. The zero-order chi connectivity index (χ0) is 12.4. The van der Waals surface area contributed by atoms with Gasteiger partial charge in [-0.15, -0.1) is 0 Å². The van der Waals surface area contributed by atoms with Crippen molar-refractivity contribution < 1.29 is 9.50 Å². The Balaban J connectivity index is 2.16. The molecular formula is C14H20FNO. The van der Waals surface area contributed by atoms with Gasteiger partial charge in [0, 0.05) is 12.1 Å². The van der Waals surface area contributed by atoms with Crippen LogP contribution in [-0.4, -0.2) is 28.6 Å². The topological polar surface area (TPSA) is 23.5 Å². The van der Waals surface area contributed by atoms with Crippen LogP contribution in [0.2, 0.25) is 0 Å². The Bertz CT molecular complexity index is 380. The first-order chi connectivity index (χ1) is 8.09. The van der Waals surface area contributed by atoms with Gasteiger partial charge in [-0.1, -0.05) is 12.1 Å². The van der Waals surface area contributed by atoms with Gasteiger partial charge in [0.25, 0.3) is 0 Å². The summed E-state index contributed by atoms with van der Waals surface area (Å²) in [5, 5.41) is 10.4. The molecular weight excluding hydrogens is 217 g/mol. The summed E-state index contributed by atoms with van der Waals surface area (Å²) in [6, 6.07) is 6.84. The molecule has 0 aromatic heterocycles. The summed E-state index contributed by atoms with van der Waals surface area (Å²) in [4.78, 5) is 2.30. The molecule has 1 aromatic rings. The Labute approximate surface area is 102 Å². The SMILES string of the molecule is CC(C)N1CCC[C@H]1[C@H](O)c1cccc(F)c1. The second-order valence-corrected chi connectivity index (χ2v) is 5.04. The van der Waals surface area contributed by atoms with Gasteiger partial charge in [0.15, 0.2) is 0 Å². The van der Waals surface area contributed by atoms with Gasteiger partial charge in [-0.25, -0.2) is 4.39 Å². The van der Waals surface area contributed by atoms with E-state index in [4.69, 9.17) is 0 Å². The molecule has 17 heavy (non-hydrogen) atoms. The summed E-state index contributed by atoms with van der Waals surface area (Å²) in [5.41, 5.74) is 0.683. The van der Waals surface area contributed by atoms with Crippen LogP contribution in [0, 0.1) is 5.82 Å². The van der Waals surface area contributed by atoms with E-state index in [-0.39, 0.29) is 11.9 Å². The molecule has 1 saturated heterocycles. The highest BCUT2D eigenvalue weighted by Crippen LogP contribution is 2.30. The maximum Gasteiger partial charge on any atom is 0.123 e. The average Bonchev–Trinajstić information content (AvgIpc) is 2.77. The van der Waals surface area contributed by atoms with Gasteiger partial charge < -0.3 is 5.11 Å². The fraction of sp³-hybridized carbons (Fsp3) is 0.571. The lowest BCUT2D eigenvalue weighted by Crippen LogP contribution is -2.39. The van der Waals surface area contributed by atoms with Gasteiger partial charge in [0.1, 0.15) is 5.82 Å². The monoisotopic (exact) mass is 237 g/mol. The van der Waals surface area contributed by atoms with E-state index >= 15 is 0 Å². The predicted molar refractivity (Wildman–Crippen MR) is 66.2 cm³/mol. The van der Waals surface area contributed by atoms with Crippen molar-refractivity contribution in [3.63, 3.8) is 0 Å². The molecule has 0 spiro atoms. The third-order valence-corrected chi connectivity index (χ3v) is 3.56. The molecule has 1 aliphatic rings. The van der Waals surface area contributed by atoms with E-state index in [0.717, 1.165) is 19.4 Å². The van der Waals surface area contributed by atoms with Crippen LogP contribution >= 0.6 is 0 Å². The lowest BCUT2D eigenvalue weighted by atomic mass is 9.99. The number of hydrogen-bond acceptors (Lipinski definition) is 2. The number of hydrogen-bond donors (Lipinski definition) is 1. The molecule has 1 aromatic carbocycles. The fourth-order valence-corrected chi connectivity index (χ4v) is 2.71. The van der Waals surface area contributed by atoms with E-state index in [9.17, 15) is 9.50 Å². The normalized spacial score (nSPS) is 23.2. The summed E-state index contributed by atoms with van der Waals surface area (Å²) in [6.45, 7) is 5.29. The lowest BCUT2D eigenvalue weighted by Gasteiger charge is -2.31. The first kappa shape index (κ1) is 12.5. The van der Waals surface area contributed by atoms with Gasteiger partial charge >= 0.3 is 0 Å². The van der Waals surface area contributed by atoms with Gasteiger partial charge in [0.05, 0.1) is 6.10 Å². The molecule has 0 unspecified atom stereocenters. The van der Waals surface area contributed by atoms with Crippen molar-refractivity contribution in [2.75, 3.05) is 6.54 Å². The van der Waals surface area contributed by atoms with E-state index in [1.54, 1.807) is 12.1 Å². The van der Waals surface area contributed by atoms with Gasteiger partial charge in [-0.3, -0.25) is 4.90 Å². The van der Waals surface area contributed by atoms with E-state index < -0.39 is 6.10 Å². The fourth-order valence-electron chi connectivity index (χ4n) is 2.71. The van der Waals surface area contributed by atoms with Crippen molar-refractivity contribution in [1.82, 2.24) is 4.90 Å². The van der Waals surface area contributed by atoms with Crippen LogP contribution in [-0.2, 0) is 0 Å². The Kier molecular flexibility index (Phi) is 3.79. The Morgan fingerprint density at radius 1 is 1.41 bits per heavy atom. The van der Waals surface area contributed by atoms with Crippen molar-refractivity contribution in [1.29, 1.82) is 0 Å². The number of nitrogens with zero attached hydrogens (tertiary/aromatic N) is 1. The van der Waals surface area contributed by atoms with Gasteiger partial charge in [-0.05, 0) is 50.9 Å². The molecule has 3 heteroatoms. The summed E-state index contributed by atoms with van der Waals surface area (Å²) in [7, 11) is 0. The molecule has 1 N–H and O–H groups in total. The smallest absolute Gasteiger partial charge is 0.123 e. The maximum absolute atomic E-state index is 13.1. The Morgan fingerprint density at radius 3 is 2.82 bits per heavy atom. The van der Waals surface area contributed by atoms with Crippen molar-refractivity contribution in [2.24, 2.45) is 0 Å². The standard InChI is InChI=1S/C14H20FNO/c1-10(2)16-8-4-7-13(16)14(17)11-5-3-6-12(15)9-11/h3,5-6,9-10,13-14,17H,4,7-8H2,1-2H3/t13-,14+/m0/s1. The van der Waals surface area contributed by atoms with Crippen molar-refractivity contribution in [3.8, 4) is 0 Å². The summed E-state index contributed by atoms with van der Waals surface area (Å²) in [6.07, 6.45) is 1.50. The molecule has 1 heterocycles. The van der Waals surface area contributed by atoms with Crippen LogP contribution in [0.5, 0.6) is 0 Å². The quantitative estimate of drug-likeness (QED) is 0.873. The number of rotatable bonds is 3. The van der Waals surface area contributed by atoms with E-state index in [1.807, 2.05) is 0 Å². The largest absolute Gasteiger partial charge is 0.387 e. The zero-order valence-corrected chi connectivity index (χ0v) is 10.4. The van der Waals surface area contributed by atoms with E-state index in [0.29, 0.717) is 11.6 Å². The minimum atomic E-state index is -0.587. The first-order valence-corrected chi connectivity index (χ1v) is 6.29. The molecule has 0 bridgehead atoms. The predicted octanol–water partition coefficient (Wildman–Crippen LogP) is 2.73. The first-order valence-electron chi connectivity index (χ1n) is 6.29. The summed E-state index contributed by atoms with van der Waals surface area (Å²) in [5.74, 6) is -0.282. The summed E-state index contributed by atoms with van der Waals surface area (Å²) < 4.78 is 13.1. The molecule has 2 atom stereocenters. The molecule has 0 amide bonds. The third-order valence-electron chi connectivity index (χ3n) is 3.56. The van der Waals surface area contributed by atoms with Crippen molar-refractivity contribution >= 4 is 0 Å². The van der Waals surface area contributed by atoms with Crippen LogP contribution in [0.25, 0.3) is 0 Å². The third kappa shape index (κ3) is 2.67. The van der Waals surface area contributed by atoms with Gasteiger partial charge in [-0.2, -0.15) is 0 Å². The second kappa shape index (κ2) is 5.15. The Morgan fingerprint density at radius 2 is 2.18 bits per heavy atom. The highest BCUT2D eigenvalue weighted by atomic mass is 19.1. The van der Waals surface area contributed by atoms with Crippen LogP contribution < -0.4 is 0 Å². The zero-order valence-electron chi connectivity index (χ0n) is 10.4. The van der Waals surface area contributed by atoms with E-state index in [2.05, 4.69) is 18.7 Å². The molecule has 0 aliphatic carbocycles. The summed E-state index contributed by atoms with van der Waals surface area (Å²) >= 11 is 0. The van der Waals surface area contributed by atoms with E-state index in [1.165, 1.54) is 12.1 Å². The lowest BCUT2D eigenvalue weighted by molar-refractivity contribution is 0.0569. The molecule has 94 valence electrons. The number of likely N-dealkylation sites (tertiary alicyclic amines) is 1. The average molecular weight is 237 g/mol. The van der Waals surface area contributed by atoms with Crippen LogP contribution in [0.4, 0.5) is 4.39 Å². The number of aliphatic hydroxyl groups excluding tert-OH is 1. The van der Waals surface area contributed by atoms with Gasteiger partial charge in [0.2, 0.25) is 0 Å². The molecule has 1 fully saturated rings.